The van der Waals surface area contributed by atoms with E-state index >= 15 is 0 Å². The van der Waals surface area contributed by atoms with Crippen LogP contribution in [0.25, 0.3) is 11.0 Å². The first-order valence-electron chi connectivity index (χ1n) is 7.10. The van der Waals surface area contributed by atoms with Gasteiger partial charge in [0.1, 0.15) is 5.58 Å². The molecule has 4 nitrogen and oxygen atoms in total. The Morgan fingerprint density at radius 3 is 2.95 bits per heavy atom. The molecule has 0 spiro atoms. The molecule has 1 saturated carbocycles. The second kappa shape index (κ2) is 5.29. The van der Waals surface area contributed by atoms with Crippen molar-refractivity contribution >= 4 is 16.9 Å². The first-order chi connectivity index (χ1) is 9.63. The molecule has 1 aliphatic carbocycles. The zero-order valence-electron chi connectivity index (χ0n) is 11.6. The minimum absolute atomic E-state index is 0.00698. The Bertz CT molecular complexity index is 628. The normalized spacial score (nSPS) is 16.4. The van der Waals surface area contributed by atoms with E-state index in [0.29, 0.717) is 5.58 Å². The number of carboxylic acid groups (broad SMARTS) is 1. The van der Waals surface area contributed by atoms with Crippen molar-refractivity contribution in [2.75, 3.05) is 6.54 Å². The van der Waals surface area contributed by atoms with Gasteiger partial charge in [-0.1, -0.05) is 13.0 Å². The molecule has 3 rings (SSSR count). The highest BCUT2D eigenvalue weighted by Crippen LogP contribution is 2.36. The molecule has 0 amide bonds. The molecule has 106 valence electrons. The molecule has 1 fully saturated rings. The average molecular weight is 273 g/mol. The molecule has 1 unspecified atom stereocenters. The van der Waals surface area contributed by atoms with Crippen molar-refractivity contribution in [1.29, 1.82) is 0 Å². The van der Waals surface area contributed by atoms with Crippen LogP contribution in [0.3, 0.4) is 0 Å². The Hall–Kier alpha value is -1.81. The SMILES string of the molecule is CC(CNCc1ccc2oc(C(=O)O)cc2c1)C1CC1. The zero-order chi connectivity index (χ0) is 14.1. The van der Waals surface area contributed by atoms with Gasteiger partial charge in [-0.3, -0.25) is 0 Å². The van der Waals surface area contributed by atoms with E-state index in [2.05, 4.69) is 12.2 Å². The van der Waals surface area contributed by atoms with Crippen molar-refractivity contribution in [1.82, 2.24) is 5.32 Å². The van der Waals surface area contributed by atoms with E-state index in [9.17, 15) is 4.79 Å². The predicted molar refractivity (Wildman–Crippen MR) is 76.8 cm³/mol. The quantitative estimate of drug-likeness (QED) is 0.848. The van der Waals surface area contributed by atoms with Crippen LogP contribution < -0.4 is 5.32 Å². The predicted octanol–water partition coefficient (Wildman–Crippen LogP) is 3.27. The van der Waals surface area contributed by atoms with E-state index < -0.39 is 5.97 Å². The maximum Gasteiger partial charge on any atom is 0.371 e. The van der Waals surface area contributed by atoms with E-state index in [-0.39, 0.29) is 5.76 Å². The number of hydrogen-bond donors (Lipinski definition) is 2. The van der Waals surface area contributed by atoms with Crippen LogP contribution >= 0.6 is 0 Å². The fourth-order valence-electron chi connectivity index (χ4n) is 2.58. The number of carboxylic acids is 1. The van der Waals surface area contributed by atoms with E-state index in [0.717, 1.165) is 35.9 Å². The van der Waals surface area contributed by atoms with Gasteiger partial charge in [0.2, 0.25) is 5.76 Å². The topological polar surface area (TPSA) is 62.5 Å². The number of nitrogens with one attached hydrogen (secondary N) is 1. The number of furan rings is 1. The lowest BCUT2D eigenvalue weighted by molar-refractivity contribution is 0.0665. The summed E-state index contributed by atoms with van der Waals surface area (Å²) >= 11 is 0. The third kappa shape index (κ3) is 2.85. The van der Waals surface area contributed by atoms with Gasteiger partial charge in [-0.2, -0.15) is 0 Å². The molecule has 20 heavy (non-hydrogen) atoms. The molecule has 2 N–H and O–H groups in total. The van der Waals surface area contributed by atoms with Crippen LogP contribution in [-0.4, -0.2) is 17.6 Å². The van der Waals surface area contributed by atoms with Gasteiger partial charge in [0.25, 0.3) is 0 Å². The zero-order valence-corrected chi connectivity index (χ0v) is 11.6. The minimum atomic E-state index is -1.03. The number of benzene rings is 1. The molecule has 4 heteroatoms. The maximum atomic E-state index is 10.9. The number of aromatic carboxylic acids is 1. The summed E-state index contributed by atoms with van der Waals surface area (Å²) in [6, 6.07) is 7.38. The summed E-state index contributed by atoms with van der Waals surface area (Å²) in [5.74, 6) is 0.620. The molecule has 1 aliphatic rings. The Morgan fingerprint density at radius 1 is 1.45 bits per heavy atom. The van der Waals surface area contributed by atoms with Crippen LogP contribution in [0.4, 0.5) is 0 Å². The van der Waals surface area contributed by atoms with Gasteiger partial charge < -0.3 is 14.8 Å². The molecular weight excluding hydrogens is 254 g/mol. The standard InChI is InChI=1S/C16H19NO3/c1-10(12-3-4-12)8-17-9-11-2-5-14-13(6-11)7-15(20-14)16(18)19/h2,5-7,10,12,17H,3-4,8-9H2,1H3,(H,18,19). The number of carbonyl (C=O) groups is 1. The Morgan fingerprint density at radius 2 is 2.25 bits per heavy atom. The van der Waals surface area contributed by atoms with Gasteiger partial charge in [0.05, 0.1) is 0 Å². The Kier molecular flexibility index (Phi) is 3.49. The average Bonchev–Trinajstić information content (AvgIpc) is 3.18. The summed E-state index contributed by atoms with van der Waals surface area (Å²) in [5.41, 5.74) is 1.77. The molecular formula is C16H19NO3. The first kappa shape index (κ1) is 13.2. The van der Waals surface area contributed by atoms with Crippen molar-refractivity contribution in [2.24, 2.45) is 11.8 Å². The third-order valence-electron chi connectivity index (χ3n) is 4.01. The van der Waals surface area contributed by atoms with Crippen molar-refractivity contribution in [2.45, 2.75) is 26.3 Å². The lowest BCUT2D eigenvalue weighted by atomic mass is 10.1. The van der Waals surface area contributed by atoms with Gasteiger partial charge in [-0.15, -0.1) is 0 Å². The first-order valence-corrected chi connectivity index (χ1v) is 7.10. The van der Waals surface area contributed by atoms with Gasteiger partial charge >= 0.3 is 5.97 Å². The lowest BCUT2D eigenvalue weighted by Crippen LogP contribution is -2.21. The third-order valence-corrected chi connectivity index (χ3v) is 4.01. The van der Waals surface area contributed by atoms with Crippen molar-refractivity contribution < 1.29 is 14.3 Å². The molecule has 1 aromatic carbocycles. The highest BCUT2D eigenvalue weighted by Gasteiger charge is 2.27. The van der Waals surface area contributed by atoms with Gasteiger partial charge in [-0.05, 0) is 55.0 Å². The van der Waals surface area contributed by atoms with Gasteiger partial charge in [0, 0.05) is 11.9 Å². The van der Waals surface area contributed by atoms with E-state index in [1.165, 1.54) is 12.8 Å². The number of hydrogen-bond acceptors (Lipinski definition) is 3. The maximum absolute atomic E-state index is 10.9. The van der Waals surface area contributed by atoms with Crippen molar-refractivity contribution in [3.05, 3.63) is 35.6 Å². The summed E-state index contributed by atoms with van der Waals surface area (Å²) in [6.07, 6.45) is 2.75. The second-order valence-corrected chi connectivity index (χ2v) is 5.73. The summed E-state index contributed by atoms with van der Waals surface area (Å²) in [4.78, 5) is 10.9. The van der Waals surface area contributed by atoms with Crippen LogP contribution in [0, 0.1) is 11.8 Å². The van der Waals surface area contributed by atoms with Crippen LogP contribution in [0.2, 0.25) is 0 Å². The highest BCUT2D eigenvalue weighted by molar-refractivity contribution is 5.91. The largest absolute Gasteiger partial charge is 0.475 e. The molecule has 2 aromatic rings. The lowest BCUT2D eigenvalue weighted by Gasteiger charge is -2.11. The number of fused-ring (bicyclic) bond motifs is 1. The molecule has 1 heterocycles. The summed E-state index contributed by atoms with van der Waals surface area (Å²) in [6.45, 7) is 4.14. The monoisotopic (exact) mass is 273 g/mol. The van der Waals surface area contributed by atoms with Crippen LogP contribution in [0.5, 0.6) is 0 Å². The Balaban J connectivity index is 1.64. The Labute approximate surface area is 117 Å². The highest BCUT2D eigenvalue weighted by atomic mass is 16.4. The van der Waals surface area contributed by atoms with Crippen molar-refractivity contribution in [3.63, 3.8) is 0 Å². The summed E-state index contributed by atoms with van der Waals surface area (Å²) < 4.78 is 5.25. The summed E-state index contributed by atoms with van der Waals surface area (Å²) in [5, 5.41) is 13.2. The van der Waals surface area contributed by atoms with Crippen LogP contribution in [0.1, 0.15) is 35.9 Å². The van der Waals surface area contributed by atoms with E-state index in [1.54, 1.807) is 6.07 Å². The van der Waals surface area contributed by atoms with Crippen LogP contribution in [0.15, 0.2) is 28.7 Å². The van der Waals surface area contributed by atoms with Crippen molar-refractivity contribution in [3.8, 4) is 0 Å². The molecule has 1 atom stereocenters. The minimum Gasteiger partial charge on any atom is -0.475 e. The molecule has 0 bridgehead atoms. The fraction of sp³-hybridized carbons (Fsp3) is 0.438. The fourth-order valence-corrected chi connectivity index (χ4v) is 2.58. The van der Waals surface area contributed by atoms with Crippen LogP contribution in [-0.2, 0) is 6.54 Å². The van der Waals surface area contributed by atoms with Gasteiger partial charge in [-0.25, -0.2) is 4.79 Å². The van der Waals surface area contributed by atoms with E-state index in [4.69, 9.17) is 9.52 Å². The molecule has 0 aliphatic heterocycles. The molecule has 0 radical (unpaired) electrons. The molecule has 0 saturated heterocycles. The van der Waals surface area contributed by atoms with E-state index in [1.807, 2.05) is 18.2 Å². The number of rotatable bonds is 6. The summed E-state index contributed by atoms with van der Waals surface area (Å²) in [7, 11) is 0. The second-order valence-electron chi connectivity index (χ2n) is 5.73. The smallest absolute Gasteiger partial charge is 0.371 e. The molecule has 1 aromatic heterocycles. The van der Waals surface area contributed by atoms with Gasteiger partial charge in [0.15, 0.2) is 0 Å².